The van der Waals surface area contributed by atoms with E-state index in [9.17, 15) is 34.8 Å². The molecule has 0 bridgehead atoms. The van der Waals surface area contributed by atoms with E-state index in [0.717, 1.165) is 18.2 Å². The number of hydrogen-bond acceptors (Lipinski definition) is 16. The van der Waals surface area contributed by atoms with E-state index in [1.54, 1.807) is 37.3 Å². The number of carboxylic acid groups (broad SMARTS) is 2. The standard InChI is InChI=1S/C34H27N7O11S/c1-16-10-28(31(50-3)15-23(16)36-37-24-11-19(33(45)46)5-8-21(24)34(47)48)40-38-26-14-30(44)27(13-25(26)35-17(2)42)39-41-32-22-12-20(53-52-51-49)7-4-18(22)6-9-29(32)43/h4-15,43-44,49H,1-3H3,(H,35,42)(H,45,46)(H,47,48). The molecule has 0 heterocycles. The van der Waals surface area contributed by atoms with Crippen molar-refractivity contribution in [1.82, 2.24) is 0 Å². The lowest BCUT2D eigenvalue weighted by molar-refractivity contribution is -0.432. The summed E-state index contributed by atoms with van der Waals surface area (Å²) in [4.78, 5) is 35.7. The van der Waals surface area contributed by atoms with Gasteiger partial charge in [0.15, 0.2) is 0 Å². The van der Waals surface area contributed by atoms with Crippen LogP contribution in [0.4, 0.5) is 39.8 Å². The zero-order valence-corrected chi connectivity index (χ0v) is 28.5. The van der Waals surface area contributed by atoms with Gasteiger partial charge in [-0.3, -0.25) is 4.79 Å². The summed E-state index contributed by atoms with van der Waals surface area (Å²) >= 11 is 0.710. The van der Waals surface area contributed by atoms with E-state index in [2.05, 4.69) is 45.4 Å². The number of rotatable bonds is 13. The van der Waals surface area contributed by atoms with Gasteiger partial charge in [-0.2, -0.15) is 5.11 Å². The van der Waals surface area contributed by atoms with Crippen LogP contribution in [0.15, 0.2) is 108 Å². The third-order valence-electron chi connectivity index (χ3n) is 7.27. The fourth-order valence-corrected chi connectivity index (χ4v) is 5.16. The minimum atomic E-state index is -1.32. The molecule has 270 valence electrons. The molecule has 0 saturated carbocycles. The first-order valence-electron chi connectivity index (χ1n) is 15.0. The third kappa shape index (κ3) is 8.93. The molecule has 5 aromatic carbocycles. The van der Waals surface area contributed by atoms with Crippen molar-refractivity contribution in [3.05, 3.63) is 89.5 Å². The maximum Gasteiger partial charge on any atom is 0.337 e. The molecule has 19 heteroatoms. The second-order valence-electron chi connectivity index (χ2n) is 10.8. The Morgan fingerprint density at radius 3 is 2.11 bits per heavy atom. The summed E-state index contributed by atoms with van der Waals surface area (Å²) in [6.45, 7) is 2.93. The molecule has 5 aromatic rings. The van der Waals surface area contributed by atoms with E-state index in [-0.39, 0.29) is 62.4 Å². The zero-order valence-electron chi connectivity index (χ0n) is 27.7. The van der Waals surface area contributed by atoms with Gasteiger partial charge < -0.3 is 30.5 Å². The molecule has 0 spiro atoms. The SMILES string of the molecule is COc1cc(N=Nc2cc(C(=O)O)ccc2C(=O)O)c(C)cc1N=Nc1cc(O)c(N=Nc2c(O)ccc3ccc(SOOO)cc23)cc1NC(C)=O. The molecule has 0 atom stereocenters. The Bertz CT molecular complexity index is 2350. The zero-order chi connectivity index (χ0) is 38.2. The van der Waals surface area contributed by atoms with Crippen LogP contribution in [0.1, 0.15) is 33.2 Å². The monoisotopic (exact) mass is 741 g/mol. The van der Waals surface area contributed by atoms with Gasteiger partial charge in [-0.1, -0.05) is 17.2 Å². The van der Waals surface area contributed by atoms with Crippen LogP contribution >= 0.6 is 12.0 Å². The maximum atomic E-state index is 12.1. The molecule has 0 aromatic heterocycles. The number of amides is 1. The van der Waals surface area contributed by atoms with E-state index in [1.807, 2.05) is 0 Å². The van der Waals surface area contributed by atoms with Crippen molar-refractivity contribution in [2.45, 2.75) is 18.7 Å². The number of carbonyl (C=O) groups excluding carboxylic acids is 1. The van der Waals surface area contributed by atoms with Gasteiger partial charge in [-0.15, -0.1) is 29.9 Å². The molecule has 0 saturated heterocycles. The molecule has 0 unspecified atom stereocenters. The summed E-state index contributed by atoms with van der Waals surface area (Å²) in [5.41, 5.74) is 0.478. The number of phenols is 2. The molecule has 0 radical (unpaired) electrons. The Morgan fingerprint density at radius 2 is 1.42 bits per heavy atom. The van der Waals surface area contributed by atoms with Crippen LogP contribution in [0.2, 0.25) is 0 Å². The number of azo groups is 3. The first-order chi connectivity index (χ1) is 25.4. The lowest BCUT2D eigenvalue weighted by atomic mass is 10.1. The van der Waals surface area contributed by atoms with Crippen LogP contribution in [0.5, 0.6) is 17.2 Å². The summed E-state index contributed by atoms with van der Waals surface area (Å²) in [6, 6.07) is 17.0. The van der Waals surface area contributed by atoms with Crippen LogP contribution in [0.25, 0.3) is 10.8 Å². The van der Waals surface area contributed by atoms with E-state index < -0.39 is 23.6 Å². The molecule has 0 aliphatic rings. The Hall–Kier alpha value is -6.80. The highest BCUT2D eigenvalue weighted by atomic mass is 32.2. The minimum Gasteiger partial charge on any atom is -0.506 e. The summed E-state index contributed by atoms with van der Waals surface area (Å²) in [5.74, 6) is -3.49. The number of nitrogens with one attached hydrogen (secondary N) is 1. The van der Waals surface area contributed by atoms with Crippen molar-refractivity contribution in [1.29, 1.82) is 0 Å². The van der Waals surface area contributed by atoms with Crippen molar-refractivity contribution >= 4 is 80.5 Å². The van der Waals surface area contributed by atoms with Crippen LogP contribution < -0.4 is 10.1 Å². The van der Waals surface area contributed by atoms with Gasteiger partial charge >= 0.3 is 11.9 Å². The number of phenolic OH excluding ortho intramolecular Hbond substituents is 2. The van der Waals surface area contributed by atoms with Gasteiger partial charge in [-0.25, -0.2) is 14.8 Å². The van der Waals surface area contributed by atoms with Crippen LogP contribution in [-0.4, -0.2) is 50.6 Å². The number of aromatic hydroxyl groups is 2. The van der Waals surface area contributed by atoms with E-state index in [0.29, 0.717) is 33.3 Å². The quantitative estimate of drug-likeness (QED) is 0.0216. The lowest BCUT2D eigenvalue weighted by Crippen LogP contribution is -2.05. The van der Waals surface area contributed by atoms with Crippen molar-refractivity contribution in [3.63, 3.8) is 0 Å². The Morgan fingerprint density at radius 1 is 0.717 bits per heavy atom. The number of methoxy groups -OCH3 is 1. The molecule has 1 amide bonds. The number of carbonyl (C=O) groups is 3. The molecular weight excluding hydrogens is 714 g/mol. The second kappa shape index (κ2) is 16.5. The minimum absolute atomic E-state index is 0.0282. The summed E-state index contributed by atoms with van der Waals surface area (Å²) < 4.78 is 9.93. The number of anilines is 1. The lowest BCUT2D eigenvalue weighted by Gasteiger charge is -2.10. The van der Waals surface area contributed by atoms with Gasteiger partial charge in [-0.05, 0) is 66.4 Å². The number of ether oxygens (including phenoxy) is 1. The maximum absolute atomic E-state index is 12.1. The third-order valence-corrected chi connectivity index (χ3v) is 7.84. The molecule has 6 N–H and O–H groups in total. The second-order valence-corrected chi connectivity index (χ2v) is 11.6. The number of benzene rings is 5. The van der Waals surface area contributed by atoms with Crippen LogP contribution in [0, 0.1) is 6.92 Å². The van der Waals surface area contributed by atoms with Gasteiger partial charge in [0.1, 0.15) is 45.7 Å². The van der Waals surface area contributed by atoms with Gasteiger partial charge in [0.05, 0.1) is 41.7 Å². The van der Waals surface area contributed by atoms with Gasteiger partial charge in [0, 0.05) is 29.3 Å². The number of nitrogens with zero attached hydrogens (tertiary/aromatic N) is 6. The average molecular weight is 742 g/mol. The molecule has 53 heavy (non-hydrogen) atoms. The number of aryl methyl sites for hydroxylation is 1. The Labute approximate surface area is 302 Å². The van der Waals surface area contributed by atoms with Crippen LogP contribution in [-0.2, 0) is 14.2 Å². The highest BCUT2D eigenvalue weighted by molar-refractivity contribution is 7.94. The van der Waals surface area contributed by atoms with Crippen LogP contribution in [0.3, 0.4) is 0 Å². The highest BCUT2D eigenvalue weighted by Crippen LogP contribution is 2.43. The fourth-order valence-electron chi connectivity index (χ4n) is 4.76. The topological polar surface area (TPSA) is 266 Å². The molecule has 0 fully saturated rings. The van der Waals surface area contributed by atoms with E-state index in [4.69, 9.17) is 9.99 Å². The molecule has 5 rings (SSSR count). The van der Waals surface area contributed by atoms with Crippen molar-refractivity contribution in [2.24, 2.45) is 30.7 Å². The summed E-state index contributed by atoms with van der Waals surface area (Å²) in [6.07, 6.45) is 0. The Kier molecular flexibility index (Phi) is 11.6. The first-order valence-corrected chi connectivity index (χ1v) is 15.7. The number of aromatic carboxylic acids is 2. The predicted octanol–water partition coefficient (Wildman–Crippen LogP) is 9.60. The largest absolute Gasteiger partial charge is 0.506 e. The van der Waals surface area contributed by atoms with Gasteiger partial charge in [0.2, 0.25) is 5.91 Å². The van der Waals surface area contributed by atoms with E-state index in [1.165, 1.54) is 38.3 Å². The number of hydrogen-bond donors (Lipinski definition) is 6. The summed E-state index contributed by atoms with van der Waals surface area (Å²) in [5, 5.41) is 80.9. The van der Waals surface area contributed by atoms with E-state index >= 15 is 0 Å². The normalized spacial score (nSPS) is 11.5. The van der Waals surface area contributed by atoms with Crippen molar-refractivity contribution in [3.8, 4) is 17.2 Å². The predicted molar refractivity (Wildman–Crippen MR) is 189 cm³/mol. The molecule has 18 nitrogen and oxygen atoms in total. The average Bonchev–Trinajstić information content (AvgIpc) is 3.12. The highest BCUT2D eigenvalue weighted by Gasteiger charge is 2.16. The van der Waals surface area contributed by atoms with Crippen molar-refractivity contribution in [2.75, 3.05) is 12.4 Å². The smallest absolute Gasteiger partial charge is 0.337 e. The fraction of sp³-hybridized carbons (Fsp3) is 0.0882. The van der Waals surface area contributed by atoms with Crippen molar-refractivity contribution < 1.29 is 54.2 Å². The molecule has 0 aliphatic carbocycles. The Balaban J connectivity index is 1.47. The molecular formula is C34H27N7O11S. The number of carboxylic acids is 2. The molecule has 0 aliphatic heterocycles. The number of fused-ring (bicyclic) bond motifs is 1. The summed E-state index contributed by atoms with van der Waals surface area (Å²) in [7, 11) is 1.36. The first kappa shape index (κ1) is 37.5. The van der Waals surface area contributed by atoms with Gasteiger partial charge in [0.25, 0.3) is 0 Å².